The summed E-state index contributed by atoms with van der Waals surface area (Å²) in [5.74, 6) is 0.391. The predicted octanol–water partition coefficient (Wildman–Crippen LogP) is 2.92. The molecule has 0 aliphatic carbocycles. The second-order valence-electron chi connectivity index (χ2n) is 5.52. The average Bonchev–Trinajstić information content (AvgIpc) is 2.69. The summed E-state index contributed by atoms with van der Waals surface area (Å²) < 4.78 is 10.4. The predicted molar refractivity (Wildman–Crippen MR) is 110 cm³/mol. The van der Waals surface area contributed by atoms with E-state index in [-0.39, 0.29) is 11.1 Å². The highest BCUT2D eigenvalue weighted by molar-refractivity contribution is 7.80. The second kappa shape index (κ2) is 9.98. The van der Waals surface area contributed by atoms with Gasteiger partial charge in [-0.05, 0) is 53.7 Å². The lowest BCUT2D eigenvalue weighted by molar-refractivity contribution is 0.0600. The van der Waals surface area contributed by atoms with Gasteiger partial charge in [0.25, 0.3) is 0 Å². The lowest BCUT2D eigenvalue weighted by Crippen LogP contribution is -2.39. The molecule has 2 aromatic rings. The van der Waals surface area contributed by atoms with Crippen LogP contribution in [0.5, 0.6) is 5.75 Å². The number of rotatable bonds is 8. The Morgan fingerprint density at radius 3 is 2.41 bits per heavy atom. The molecular formula is C20H21N3O3S. The standard InChI is InChI=1S/C20H21N3O3S/c1-14(22-23-20(21)27)3-4-15-7-11-18(12-8-15)26-13-16-5-9-17(10-6-16)19(24)25-2/h3-12,22H,1,13H2,2H3,(H3,21,23,27). The van der Waals surface area contributed by atoms with Crippen molar-refractivity contribution in [3.05, 3.63) is 83.6 Å². The number of hydrogen-bond donors (Lipinski definition) is 3. The van der Waals surface area contributed by atoms with Crippen molar-refractivity contribution < 1.29 is 14.3 Å². The fourth-order valence-corrected chi connectivity index (χ4v) is 2.13. The summed E-state index contributed by atoms with van der Waals surface area (Å²) in [5.41, 5.74) is 13.8. The van der Waals surface area contributed by atoms with Crippen LogP contribution in [0.25, 0.3) is 6.08 Å². The lowest BCUT2D eigenvalue weighted by Gasteiger charge is -2.08. The molecule has 2 rings (SSSR count). The van der Waals surface area contributed by atoms with E-state index < -0.39 is 0 Å². The molecule has 140 valence electrons. The van der Waals surface area contributed by atoms with Gasteiger partial charge in [-0.15, -0.1) is 0 Å². The quantitative estimate of drug-likeness (QED) is 0.280. The van der Waals surface area contributed by atoms with Crippen LogP contribution in [-0.2, 0) is 11.3 Å². The van der Waals surface area contributed by atoms with E-state index in [2.05, 4.69) is 22.2 Å². The first-order chi connectivity index (χ1) is 13.0. The summed E-state index contributed by atoms with van der Waals surface area (Å²) in [5, 5.41) is 0.144. The third-order valence-corrected chi connectivity index (χ3v) is 3.59. The van der Waals surface area contributed by atoms with Crippen molar-refractivity contribution in [1.29, 1.82) is 0 Å². The number of methoxy groups -OCH3 is 1. The molecule has 0 fully saturated rings. The van der Waals surface area contributed by atoms with Gasteiger partial charge in [-0.3, -0.25) is 10.9 Å². The number of hydrogen-bond acceptors (Lipinski definition) is 5. The van der Waals surface area contributed by atoms with Crippen molar-refractivity contribution in [3.8, 4) is 5.75 Å². The second-order valence-corrected chi connectivity index (χ2v) is 5.96. The van der Waals surface area contributed by atoms with E-state index in [4.69, 9.17) is 22.7 Å². The zero-order valence-electron chi connectivity index (χ0n) is 14.9. The van der Waals surface area contributed by atoms with Gasteiger partial charge in [0.1, 0.15) is 12.4 Å². The Balaban J connectivity index is 1.85. The molecule has 0 aliphatic heterocycles. The molecule has 0 amide bonds. The zero-order valence-corrected chi connectivity index (χ0v) is 15.7. The van der Waals surface area contributed by atoms with Gasteiger partial charge in [0.2, 0.25) is 0 Å². The molecule has 0 bridgehead atoms. The third-order valence-electron chi connectivity index (χ3n) is 3.48. The molecule has 0 unspecified atom stereocenters. The summed E-state index contributed by atoms with van der Waals surface area (Å²) in [6.07, 6.45) is 3.69. The molecule has 0 saturated heterocycles. The van der Waals surface area contributed by atoms with Crippen molar-refractivity contribution in [2.75, 3.05) is 7.11 Å². The fraction of sp³-hybridized carbons (Fsp3) is 0.100. The van der Waals surface area contributed by atoms with Gasteiger partial charge in [-0.2, -0.15) is 0 Å². The number of nitrogens with one attached hydrogen (secondary N) is 2. The SMILES string of the molecule is C=C(C=Cc1ccc(OCc2ccc(C(=O)OC)cc2)cc1)NNC(N)=S. The van der Waals surface area contributed by atoms with Crippen LogP contribution >= 0.6 is 12.2 Å². The Bertz CT molecular complexity index is 831. The van der Waals surface area contributed by atoms with Crippen LogP contribution in [0.4, 0.5) is 0 Å². The first-order valence-corrected chi connectivity index (χ1v) is 8.47. The van der Waals surface area contributed by atoms with Crippen molar-refractivity contribution in [3.63, 3.8) is 0 Å². The monoisotopic (exact) mass is 383 g/mol. The molecule has 6 nitrogen and oxygen atoms in total. The van der Waals surface area contributed by atoms with Gasteiger partial charge in [-0.1, -0.05) is 36.9 Å². The van der Waals surface area contributed by atoms with Gasteiger partial charge in [0.15, 0.2) is 5.11 Å². The average molecular weight is 383 g/mol. The number of benzene rings is 2. The normalized spacial score (nSPS) is 10.3. The van der Waals surface area contributed by atoms with E-state index in [0.29, 0.717) is 17.9 Å². The number of allylic oxidation sites excluding steroid dienone is 1. The van der Waals surface area contributed by atoms with E-state index in [0.717, 1.165) is 16.9 Å². The molecule has 0 heterocycles. The number of carbonyl (C=O) groups excluding carboxylic acids is 1. The van der Waals surface area contributed by atoms with Crippen LogP contribution in [-0.4, -0.2) is 18.2 Å². The van der Waals surface area contributed by atoms with Crippen LogP contribution < -0.4 is 21.3 Å². The van der Waals surface area contributed by atoms with Gasteiger partial charge in [0, 0.05) is 5.70 Å². The highest BCUT2D eigenvalue weighted by Crippen LogP contribution is 2.16. The smallest absolute Gasteiger partial charge is 0.337 e. The largest absolute Gasteiger partial charge is 0.489 e. The van der Waals surface area contributed by atoms with Crippen LogP contribution in [0, 0.1) is 0 Å². The topological polar surface area (TPSA) is 85.6 Å². The highest BCUT2D eigenvalue weighted by Gasteiger charge is 2.04. The van der Waals surface area contributed by atoms with Crippen molar-refractivity contribution >= 4 is 29.4 Å². The lowest BCUT2D eigenvalue weighted by atomic mass is 10.1. The molecule has 0 spiro atoms. The molecule has 0 atom stereocenters. The van der Waals surface area contributed by atoms with Crippen LogP contribution in [0.1, 0.15) is 21.5 Å². The Morgan fingerprint density at radius 2 is 1.81 bits per heavy atom. The number of thiocarbonyl (C=S) groups is 1. The highest BCUT2D eigenvalue weighted by atomic mass is 32.1. The number of hydrazine groups is 1. The van der Waals surface area contributed by atoms with Crippen LogP contribution in [0.15, 0.2) is 66.9 Å². The minimum absolute atomic E-state index is 0.144. The molecule has 0 radical (unpaired) electrons. The van der Waals surface area contributed by atoms with Crippen LogP contribution in [0.2, 0.25) is 0 Å². The van der Waals surface area contributed by atoms with Crippen LogP contribution in [0.3, 0.4) is 0 Å². The Hall–Kier alpha value is -3.32. The minimum atomic E-state index is -0.356. The molecule has 0 aromatic heterocycles. The molecule has 0 aliphatic rings. The Morgan fingerprint density at radius 1 is 1.15 bits per heavy atom. The Labute approximate surface area is 163 Å². The number of carbonyl (C=O) groups is 1. The number of nitrogens with two attached hydrogens (primary N) is 1. The molecule has 0 saturated carbocycles. The molecule has 2 aromatic carbocycles. The van der Waals surface area contributed by atoms with Gasteiger partial charge in [-0.25, -0.2) is 4.79 Å². The van der Waals surface area contributed by atoms with E-state index in [9.17, 15) is 4.79 Å². The third kappa shape index (κ3) is 6.83. The molecule has 7 heteroatoms. The van der Waals surface area contributed by atoms with E-state index >= 15 is 0 Å². The van der Waals surface area contributed by atoms with E-state index in [1.807, 2.05) is 42.5 Å². The molecule has 27 heavy (non-hydrogen) atoms. The zero-order chi connectivity index (χ0) is 19.6. The summed E-state index contributed by atoms with van der Waals surface area (Å²) in [6, 6.07) is 14.7. The van der Waals surface area contributed by atoms with Crippen molar-refractivity contribution in [2.24, 2.45) is 5.73 Å². The maximum Gasteiger partial charge on any atom is 0.337 e. The summed E-state index contributed by atoms with van der Waals surface area (Å²) in [7, 11) is 1.36. The summed E-state index contributed by atoms with van der Waals surface area (Å²) in [4.78, 5) is 11.4. The molecular weight excluding hydrogens is 362 g/mol. The van der Waals surface area contributed by atoms with Crippen molar-refractivity contribution in [2.45, 2.75) is 6.61 Å². The summed E-state index contributed by atoms with van der Waals surface area (Å²) in [6.45, 7) is 4.22. The number of esters is 1. The van der Waals surface area contributed by atoms with E-state index in [1.54, 1.807) is 18.2 Å². The first-order valence-electron chi connectivity index (χ1n) is 8.06. The Kier molecular flexibility index (Phi) is 7.39. The molecule has 4 N–H and O–H groups in total. The maximum atomic E-state index is 11.4. The van der Waals surface area contributed by atoms with Gasteiger partial charge >= 0.3 is 5.97 Å². The summed E-state index contributed by atoms with van der Waals surface area (Å²) >= 11 is 4.69. The number of ether oxygens (including phenoxy) is 2. The maximum absolute atomic E-state index is 11.4. The fourth-order valence-electron chi connectivity index (χ4n) is 2.08. The minimum Gasteiger partial charge on any atom is -0.489 e. The first kappa shape index (κ1) is 20.0. The van der Waals surface area contributed by atoms with Crippen molar-refractivity contribution in [1.82, 2.24) is 10.9 Å². The van der Waals surface area contributed by atoms with E-state index in [1.165, 1.54) is 7.11 Å². The van der Waals surface area contributed by atoms with Gasteiger partial charge < -0.3 is 15.2 Å². The van der Waals surface area contributed by atoms with Gasteiger partial charge in [0.05, 0.1) is 12.7 Å².